The summed E-state index contributed by atoms with van der Waals surface area (Å²) >= 11 is 0. The molecule has 0 aliphatic heterocycles. The Balaban J connectivity index is 2.05. The zero-order valence-electron chi connectivity index (χ0n) is 10.8. The highest BCUT2D eigenvalue weighted by Crippen LogP contribution is 2.48. The van der Waals surface area contributed by atoms with Crippen molar-refractivity contribution in [3.05, 3.63) is 0 Å². The molecule has 0 bridgehead atoms. The van der Waals surface area contributed by atoms with Gasteiger partial charge in [0.2, 0.25) is 0 Å². The first kappa shape index (κ1) is 12.1. The van der Waals surface area contributed by atoms with Gasteiger partial charge >= 0.3 is 0 Å². The molecule has 0 spiro atoms. The molecule has 0 saturated heterocycles. The summed E-state index contributed by atoms with van der Waals surface area (Å²) in [6, 6.07) is 2.50. The molecule has 3 heteroatoms. The van der Waals surface area contributed by atoms with Crippen LogP contribution in [0.5, 0.6) is 0 Å². The second-order valence-electron chi connectivity index (χ2n) is 6.51. The Kier molecular flexibility index (Phi) is 3.15. The Morgan fingerprint density at radius 3 is 2.38 bits per heavy atom. The van der Waals surface area contributed by atoms with Crippen molar-refractivity contribution < 1.29 is 4.43 Å². The van der Waals surface area contributed by atoms with Crippen molar-refractivity contribution in [1.82, 2.24) is 0 Å². The summed E-state index contributed by atoms with van der Waals surface area (Å²) in [5.74, 6) is 1.68. The standard InChI is InChI=1S/C13H23NOSi/c1-16(2,3)15-13(10-14)8-4-5-12(9-13)11-6-7-11/h11-12H,4-9H2,1-3H3. The van der Waals surface area contributed by atoms with Gasteiger partial charge in [-0.15, -0.1) is 0 Å². The molecular formula is C13H23NOSi. The fraction of sp³-hybridized carbons (Fsp3) is 0.923. The van der Waals surface area contributed by atoms with Gasteiger partial charge in [-0.25, -0.2) is 0 Å². The Morgan fingerprint density at radius 1 is 1.19 bits per heavy atom. The monoisotopic (exact) mass is 237 g/mol. The summed E-state index contributed by atoms with van der Waals surface area (Å²) in [4.78, 5) is 0. The highest BCUT2D eigenvalue weighted by molar-refractivity contribution is 6.69. The average Bonchev–Trinajstić information content (AvgIpc) is 2.98. The Morgan fingerprint density at radius 2 is 1.88 bits per heavy atom. The molecule has 2 fully saturated rings. The third-order valence-corrected chi connectivity index (χ3v) is 4.74. The maximum atomic E-state index is 9.47. The van der Waals surface area contributed by atoms with Crippen LogP contribution in [0.15, 0.2) is 0 Å². The first-order valence-electron chi connectivity index (χ1n) is 6.56. The summed E-state index contributed by atoms with van der Waals surface area (Å²) in [5, 5.41) is 9.47. The smallest absolute Gasteiger partial charge is 0.185 e. The molecule has 2 saturated carbocycles. The van der Waals surface area contributed by atoms with Crippen LogP contribution in [0.4, 0.5) is 0 Å². The van der Waals surface area contributed by atoms with Crippen molar-refractivity contribution in [3.8, 4) is 6.07 Å². The zero-order valence-corrected chi connectivity index (χ0v) is 11.8. The molecule has 0 heterocycles. The maximum absolute atomic E-state index is 9.47. The number of nitrogens with zero attached hydrogens (tertiary/aromatic N) is 1. The predicted molar refractivity (Wildman–Crippen MR) is 67.5 cm³/mol. The summed E-state index contributed by atoms with van der Waals surface area (Å²) in [5.41, 5.74) is -0.435. The first-order valence-corrected chi connectivity index (χ1v) is 9.96. The molecule has 90 valence electrons. The predicted octanol–water partition coefficient (Wildman–Crippen LogP) is 3.70. The van der Waals surface area contributed by atoms with E-state index in [1.807, 2.05) is 0 Å². The lowest BCUT2D eigenvalue weighted by Crippen LogP contribution is -2.45. The van der Waals surface area contributed by atoms with E-state index in [4.69, 9.17) is 4.43 Å². The second kappa shape index (κ2) is 4.16. The second-order valence-corrected chi connectivity index (χ2v) is 10.9. The molecule has 2 aliphatic carbocycles. The average molecular weight is 237 g/mol. The van der Waals surface area contributed by atoms with Gasteiger partial charge in [0, 0.05) is 0 Å². The van der Waals surface area contributed by atoms with Crippen LogP contribution in [0.3, 0.4) is 0 Å². The molecule has 0 aromatic rings. The van der Waals surface area contributed by atoms with Crippen LogP contribution in [0.25, 0.3) is 0 Å². The van der Waals surface area contributed by atoms with Crippen molar-refractivity contribution in [2.24, 2.45) is 11.8 Å². The van der Waals surface area contributed by atoms with Gasteiger partial charge < -0.3 is 4.43 Å². The maximum Gasteiger partial charge on any atom is 0.185 e. The van der Waals surface area contributed by atoms with Gasteiger partial charge in [0.1, 0.15) is 5.60 Å². The third-order valence-electron chi connectivity index (χ3n) is 3.74. The van der Waals surface area contributed by atoms with Crippen molar-refractivity contribution in [3.63, 3.8) is 0 Å². The van der Waals surface area contributed by atoms with Crippen molar-refractivity contribution in [1.29, 1.82) is 5.26 Å². The fourth-order valence-corrected chi connectivity index (χ4v) is 4.45. The highest BCUT2D eigenvalue weighted by Gasteiger charge is 2.44. The minimum absolute atomic E-state index is 0.435. The molecule has 2 rings (SSSR count). The normalized spacial score (nSPS) is 35.8. The molecule has 16 heavy (non-hydrogen) atoms. The van der Waals surface area contributed by atoms with Crippen molar-refractivity contribution >= 4 is 8.32 Å². The topological polar surface area (TPSA) is 33.0 Å². The molecule has 0 aromatic carbocycles. The van der Waals surface area contributed by atoms with Crippen molar-refractivity contribution in [2.75, 3.05) is 0 Å². The van der Waals surface area contributed by atoms with Crippen LogP contribution in [-0.4, -0.2) is 13.9 Å². The van der Waals surface area contributed by atoms with E-state index in [-0.39, 0.29) is 0 Å². The van der Waals surface area contributed by atoms with E-state index in [2.05, 4.69) is 25.7 Å². The summed E-state index contributed by atoms with van der Waals surface area (Å²) in [6.45, 7) is 6.56. The molecule has 2 aliphatic rings. The highest BCUT2D eigenvalue weighted by atomic mass is 28.4. The molecule has 0 amide bonds. The van der Waals surface area contributed by atoms with Gasteiger partial charge in [0.15, 0.2) is 8.32 Å². The number of rotatable bonds is 3. The van der Waals surface area contributed by atoms with Gasteiger partial charge in [-0.3, -0.25) is 0 Å². The largest absolute Gasteiger partial charge is 0.400 e. The lowest BCUT2D eigenvalue weighted by Gasteiger charge is -2.40. The van der Waals surface area contributed by atoms with Gasteiger partial charge in [-0.1, -0.05) is 0 Å². The van der Waals surface area contributed by atoms with E-state index >= 15 is 0 Å². The summed E-state index contributed by atoms with van der Waals surface area (Å²) in [6.07, 6.45) is 7.23. The fourth-order valence-electron chi connectivity index (χ4n) is 3.05. The van der Waals surface area contributed by atoms with E-state index in [0.29, 0.717) is 0 Å². The minimum Gasteiger partial charge on any atom is -0.400 e. The van der Waals surface area contributed by atoms with E-state index < -0.39 is 13.9 Å². The molecule has 0 N–H and O–H groups in total. The number of hydrogen-bond acceptors (Lipinski definition) is 2. The number of hydrogen-bond donors (Lipinski definition) is 0. The van der Waals surface area contributed by atoms with E-state index in [9.17, 15) is 5.26 Å². The zero-order chi connectivity index (χ0) is 11.8. The summed E-state index contributed by atoms with van der Waals surface area (Å²) in [7, 11) is -1.60. The molecular weight excluding hydrogens is 214 g/mol. The van der Waals surface area contributed by atoms with Gasteiger partial charge in [-0.2, -0.15) is 5.26 Å². The Bertz CT molecular complexity index is 300. The number of nitriles is 1. The third kappa shape index (κ3) is 2.86. The molecule has 0 radical (unpaired) electrons. The van der Waals surface area contributed by atoms with Crippen LogP contribution in [-0.2, 0) is 4.43 Å². The van der Waals surface area contributed by atoms with Gasteiger partial charge in [0.25, 0.3) is 0 Å². The lowest BCUT2D eigenvalue weighted by molar-refractivity contribution is 0.0465. The lowest BCUT2D eigenvalue weighted by atomic mass is 9.77. The molecule has 2 nitrogen and oxygen atoms in total. The van der Waals surface area contributed by atoms with Crippen LogP contribution in [0.1, 0.15) is 38.5 Å². The van der Waals surface area contributed by atoms with Gasteiger partial charge in [0.05, 0.1) is 6.07 Å². The first-order chi connectivity index (χ1) is 7.44. The van der Waals surface area contributed by atoms with E-state index in [1.54, 1.807) is 0 Å². The van der Waals surface area contributed by atoms with E-state index in [0.717, 1.165) is 24.7 Å². The molecule has 2 atom stereocenters. The van der Waals surface area contributed by atoms with Crippen molar-refractivity contribution in [2.45, 2.75) is 63.8 Å². The molecule has 2 unspecified atom stereocenters. The van der Waals surface area contributed by atoms with Crippen LogP contribution < -0.4 is 0 Å². The summed E-state index contributed by atoms with van der Waals surface area (Å²) < 4.78 is 6.20. The van der Waals surface area contributed by atoms with Crippen LogP contribution >= 0.6 is 0 Å². The minimum atomic E-state index is -1.60. The van der Waals surface area contributed by atoms with E-state index in [1.165, 1.54) is 25.7 Å². The molecule has 0 aromatic heterocycles. The SMILES string of the molecule is C[Si](C)(C)OC1(C#N)CCCC(C2CC2)C1. The Hall–Kier alpha value is -0.333. The quantitative estimate of drug-likeness (QED) is 0.701. The van der Waals surface area contributed by atoms with Crippen LogP contribution in [0.2, 0.25) is 19.6 Å². The Labute approximate surface area is 100 Å². The van der Waals surface area contributed by atoms with Gasteiger partial charge in [-0.05, 0) is 70.0 Å². The van der Waals surface area contributed by atoms with Crippen LogP contribution in [0, 0.1) is 23.2 Å².